The number of rotatable bonds is 18. The maximum atomic E-state index is 13.2. The van der Waals surface area contributed by atoms with Gasteiger partial charge in [-0.3, -0.25) is 14.4 Å². The molecule has 530 valence electrons. The van der Waals surface area contributed by atoms with Gasteiger partial charge in [-0.15, -0.1) is 0 Å². The summed E-state index contributed by atoms with van der Waals surface area (Å²) in [6, 6.07) is 43.5. The van der Waals surface area contributed by atoms with Crippen molar-refractivity contribution in [1.82, 2.24) is 0 Å². The zero-order valence-electron chi connectivity index (χ0n) is 56.7. The molecule has 24 heteroatoms. The fourth-order valence-electron chi connectivity index (χ4n) is 13.0. The fraction of sp³-hybridized carbons (Fsp3) is 0.320. The highest BCUT2D eigenvalue weighted by Crippen LogP contribution is 2.46. The Morgan fingerprint density at radius 1 is 0.424 bits per heavy atom. The number of aromatic hydroxyl groups is 1. The summed E-state index contributed by atoms with van der Waals surface area (Å²) in [5, 5.41) is 28.1. The summed E-state index contributed by atoms with van der Waals surface area (Å²) < 4.78 is 128. The van der Waals surface area contributed by atoms with Crippen LogP contribution in [0.5, 0.6) is 17.2 Å². The summed E-state index contributed by atoms with van der Waals surface area (Å²) in [6.07, 6.45) is -13.7. The molecule has 10 nitrogen and oxygen atoms in total. The minimum Gasteiger partial charge on any atom is -0.543 e. The van der Waals surface area contributed by atoms with Crippen molar-refractivity contribution in [2.24, 2.45) is 0 Å². The molecule has 2 amide bonds. The van der Waals surface area contributed by atoms with Crippen LogP contribution in [0.25, 0.3) is 32.3 Å². The molecule has 0 heterocycles. The average molecular weight is 1470 g/mol. The Kier molecular flexibility index (Phi) is 27.1. The van der Waals surface area contributed by atoms with Gasteiger partial charge in [-0.2, -0.15) is 39.5 Å². The highest BCUT2D eigenvalue weighted by atomic mass is 35.5. The highest BCUT2D eigenvalue weighted by molar-refractivity contribution is 6.78. The first-order valence-corrected chi connectivity index (χ1v) is 37.3. The van der Waals surface area contributed by atoms with Crippen molar-refractivity contribution in [3.63, 3.8) is 0 Å². The quantitative estimate of drug-likeness (QED) is 0.0322. The maximum Gasteiger partial charge on any atom is 0.417 e. The van der Waals surface area contributed by atoms with Crippen LogP contribution in [0.4, 0.5) is 56.6 Å². The molecule has 0 spiro atoms. The molecule has 0 atom stereocenters. The second-order valence-corrected chi connectivity index (χ2v) is 37.9. The summed E-state index contributed by atoms with van der Waals surface area (Å²) in [5.41, 5.74) is 7.36. The van der Waals surface area contributed by atoms with E-state index in [0.29, 0.717) is 44.2 Å². The van der Waals surface area contributed by atoms with Crippen molar-refractivity contribution in [2.75, 3.05) is 16.4 Å². The van der Waals surface area contributed by atoms with Gasteiger partial charge in [-0.1, -0.05) is 191 Å². The number of halogens is 12. The van der Waals surface area contributed by atoms with Crippen LogP contribution in [0.1, 0.15) is 116 Å². The van der Waals surface area contributed by atoms with Crippen LogP contribution in [0, 0.1) is 0 Å². The minimum absolute atomic E-state index is 0.00584. The molecule has 99 heavy (non-hydrogen) atoms. The fourth-order valence-corrected chi connectivity index (χ4v) is 24.1. The van der Waals surface area contributed by atoms with Crippen LogP contribution in [-0.2, 0) is 52.2 Å². The minimum atomic E-state index is -4.61. The first-order chi connectivity index (χ1) is 46.1. The number of fused-ring (bicyclic) bond motifs is 3. The lowest BCUT2D eigenvalue weighted by Crippen LogP contribution is -2.50. The second-order valence-electron chi connectivity index (χ2n) is 25.9. The Morgan fingerprint density at radius 3 is 1.06 bits per heavy atom. The van der Waals surface area contributed by atoms with Gasteiger partial charge in [0.15, 0.2) is 0 Å². The summed E-state index contributed by atoms with van der Waals surface area (Å²) >= 11 is 16.6. The monoisotopic (exact) mass is 1470 g/mol. The molecule has 0 saturated carbocycles. The number of carbonyl (C=O) groups excluding carboxylic acids is 2. The van der Waals surface area contributed by atoms with Gasteiger partial charge in [0.05, 0.1) is 51.0 Å². The predicted octanol–water partition coefficient (Wildman–Crippen LogP) is 23.6. The van der Waals surface area contributed by atoms with E-state index in [1.807, 2.05) is 78.9 Å². The Morgan fingerprint density at radius 2 is 0.737 bits per heavy atom. The Balaban J connectivity index is 0.000000219. The summed E-state index contributed by atoms with van der Waals surface area (Å²) in [7, 11) is -4.19. The number of nitrogens with one attached hydrogen (secondary N) is 2. The van der Waals surface area contributed by atoms with E-state index < -0.39 is 79.7 Å². The first-order valence-electron chi connectivity index (χ1n) is 31.9. The number of hydrogen-bond acceptors (Lipinski definition) is 7. The number of nitrogen functional groups attached to an aromatic ring is 1. The van der Waals surface area contributed by atoms with E-state index in [4.69, 9.17) is 49.4 Å². The molecular weight excluding hydrogens is 1390 g/mol. The highest BCUT2D eigenvalue weighted by Gasteiger charge is 2.48. The van der Waals surface area contributed by atoms with Crippen LogP contribution in [0.15, 0.2) is 164 Å². The van der Waals surface area contributed by atoms with Crippen molar-refractivity contribution in [1.29, 1.82) is 0 Å². The zero-order chi connectivity index (χ0) is 73.9. The largest absolute Gasteiger partial charge is 0.543 e. The van der Waals surface area contributed by atoms with E-state index in [0.717, 1.165) is 86.0 Å². The Labute approximate surface area is 588 Å². The molecule has 0 unspecified atom stereocenters. The van der Waals surface area contributed by atoms with Gasteiger partial charge >= 0.3 is 24.5 Å². The summed E-state index contributed by atoms with van der Waals surface area (Å²) in [4.78, 5) is 36.2. The van der Waals surface area contributed by atoms with Gasteiger partial charge in [-0.05, 0) is 173 Å². The van der Waals surface area contributed by atoms with Gasteiger partial charge < -0.3 is 35.4 Å². The lowest BCUT2D eigenvalue weighted by Gasteiger charge is -2.42. The van der Waals surface area contributed by atoms with Gasteiger partial charge in [0.25, 0.3) is 16.6 Å². The van der Waals surface area contributed by atoms with Crippen molar-refractivity contribution >= 4 is 119 Å². The number of carbonyl (C=O) groups is 3. The van der Waals surface area contributed by atoms with Crippen LogP contribution in [-0.4, -0.2) is 44.6 Å². The normalized spacial score (nSPS) is 12.1. The third-order valence-corrected chi connectivity index (χ3v) is 30.3. The Bertz CT molecular complexity index is 4270. The number of anilines is 3. The predicted molar refractivity (Wildman–Crippen MR) is 387 cm³/mol. The number of hydrogen-bond donors (Lipinski definition) is 5. The molecule has 0 radical (unpaired) electrons. The van der Waals surface area contributed by atoms with Crippen LogP contribution in [0.3, 0.4) is 0 Å². The van der Waals surface area contributed by atoms with E-state index in [-0.39, 0.29) is 47.1 Å². The standard InChI is InChI=1S/C28H33ClF3NO2Si.C21H30O3Si.C19H13ClF3NO2.C7H5ClF3N/c1-17(2)36(18(3)4,19(5)6)35-23-12-10-20-8-7-9-21(24(20)16-23)14-27(34)33-22-11-13-26(29)25(15-22)28(30,31)32;1-14(2)25(15(3)4,16(5)6)24-19-11-10-17-8-7-9-18(12-21(22)23)20(17)13-19;20-17-7-5-13(9-16(17)19(21,22)23)24-18(26)8-12-3-1-2-11-4-6-14(25)10-15(11)12;8-6-2-1-4(12)3-5(6)7(9,10)11/h7-13,15-19H,14H2,1-6H3,(H,33,34);7-11,13-16H,12H2,1-6H3,(H,22,23);1-7,9-10,25H,8H2,(H,24,26);1-3H,12H2. The number of carboxylic acid groups (broad SMARTS) is 1. The smallest absolute Gasteiger partial charge is 0.417 e. The van der Waals surface area contributed by atoms with Crippen molar-refractivity contribution in [2.45, 2.75) is 154 Å². The molecule has 9 rings (SSSR count). The van der Waals surface area contributed by atoms with Gasteiger partial charge in [0, 0.05) is 17.1 Å². The van der Waals surface area contributed by atoms with Crippen molar-refractivity contribution in [3.8, 4) is 17.2 Å². The zero-order valence-corrected chi connectivity index (χ0v) is 61.0. The van der Waals surface area contributed by atoms with Crippen LogP contribution < -0.4 is 25.2 Å². The molecule has 0 aliphatic carbocycles. The number of benzene rings is 9. The van der Waals surface area contributed by atoms with Gasteiger partial charge in [0.2, 0.25) is 11.8 Å². The van der Waals surface area contributed by atoms with E-state index >= 15 is 0 Å². The lowest BCUT2D eigenvalue weighted by atomic mass is 10.0. The van der Waals surface area contributed by atoms with E-state index in [1.165, 1.54) is 18.2 Å². The summed E-state index contributed by atoms with van der Waals surface area (Å²) in [5.74, 6) is 0.0153. The van der Waals surface area contributed by atoms with Crippen LogP contribution in [0.2, 0.25) is 48.3 Å². The number of amides is 2. The topological polar surface area (TPSA) is 160 Å². The molecule has 0 aromatic heterocycles. The van der Waals surface area contributed by atoms with Crippen molar-refractivity contribution < 1.29 is 73.0 Å². The Hall–Kier alpha value is -7.96. The second kappa shape index (κ2) is 33.5. The molecule has 0 aliphatic heterocycles. The maximum absolute atomic E-state index is 13.2. The van der Waals surface area contributed by atoms with E-state index in [1.54, 1.807) is 30.3 Å². The summed E-state index contributed by atoms with van der Waals surface area (Å²) in [6.45, 7) is 27.0. The van der Waals surface area contributed by atoms with Crippen LogP contribution >= 0.6 is 34.8 Å². The first kappa shape index (κ1) is 80.0. The third kappa shape index (κ3) is 20.6. The van der Waals surface area contributed by atoms with E-state index in [2.05, 4.69) is 93.7 Å². The van der Waals surface area contributed by atoms with E-state index in [9.17, 15) is 64.1 Å². The number of phenols is 1. The number of nitrogens with two attached hydrogens (primary N) is 1. The third-order valence-electron chi connectivity index (χ3n) is 17.3. The molecule has 0 saturated heterocycles. The van der Waals surface area contributed by atoms with Gasteiger partial charge in [0.1, 0.15) is 17.2 Å². The SMILES string of the molecule is CC(C)[Si](Oc1ccc2cccc(CC(=O)Nc3ccc(Cl)c(C(F)(F)F)c3)c2c1)(C(C)C)C(C)C.CC(C)[Si](Oc1ccc2cccc(CC(=O)O)c2c1)(C(C)C)C(C)C.Nc1ccc(Cl)c(C(F)(F)F)c1.O=C(Cc1cccc2ccc(O)cc12)Nc1ccc(Cl)c(C(F)(F)F)c1. The van der Waals surface area contributed by atoms with Crippen molar-refractivity contribution in [3.05, 3.63) is 212 Å². The molecule has 0 aliphatic rings. The lowest BCUT2D eigenvalue weighted by molar-refractivity contribution is -0.138. The molecular formula is C75H81Cl3F9N3O7Si2. The number of phenolic OH excluding ortho intramolecular Hbond substituents is 1. The number of aliphatic carboxylic acids is 1. The molecule has 6 N–H and O–H groups in total. The van der Waals surface area contributed by atoms with Gasteiger partial charge in [-0.25, -0.2) is 0 Å². The molecule has 9 aromatic rings. The molecule has 9 aromatic carbocycles. The molecule has 0 fully saturated rings. The average Bonchev–Trinajstić information content (AvgIpc) is 0.784. The number of alkyl halides is 9. The number of carboxylic acids is 1. The molecule has 0 bridgehead atoms.